The van der Waals surface area contributed by atoms with Crippen molar-refractivity contribution in [3.8, 4) is 11.3 Å². The molecular formula is C24H40N4Si. The molecule has 5 heteroatoms. The normalized spacial score (nSPS) is 23.4. The topological polar surface area (TPSA) is 44.8 Å². The molecular weight excluding hydrogens is 372 g/mol. The standard InChI is InChI=1S/C24H40N4Si/c1-7-8-9-10-15-28-16-14-24(3,19(2)18-28)21-13-11-12-20(17-21)22-23(26-27-25-22)29(4,5)6/h11-13,17,19H,7-10,14-16,18H2,1-6H3,(H,25,26,27). The van der Waals surface area contributed by atoms with E-state index < -0.39 is 8.07 Å². The van der Waals surface area contributed by atoms with Crippen LogP contribution in [0.3, 0.4) is 0 Å². The second kappa shape index (κ2) is 9.13. The molecule has 0 spiro atoms. The average Bonchev–Trinajstić information content (AvgIpc) is 3.19. The van der Waals surface area contributed by atoms with E-state index >= 15 is 0 Å². The average molecular weight is 413 g/mol. The summed E-state index contributed by atoms with van der Waals surface area (Å²) in [4.78, 5) is 2.69. The molecule has 1 aliphatic rings. The SMILES string of the molecule is CCCCCCN1CCC(C)(c2cccc(-c3nn[nH]c3[Si](C)(C)C)c2)C(C)C1. The Kier molecular flexibility index (Phi) is 7.00. The molecule has 1 aromatic heterocycles. The molecule has 0 radical (unpaired) electrons. The number of H-pyrrole nitrogens is 1. The highest BCUT2D eigenvalue weighted by molar-refractivity contribution is 6.89. The predicted octanol–water partition coefficient (Wildman–Crippen LogP) is 5.20. The highest BCUT2D eigenvalue weighted by Crippen LogP contribution is 2.40. The second-order valence-corrected chi connectivity index (χ2v) is 15.3. The molecule has 160 valence electrons. The van der Waals surface area contributed by atoms with Gasteiger partial charge in [-0.25, -0.2) is 0 Å². The van der Waals surface area contributed by atoms with Gasteiger partial charge in [0.1, 0.15) is 13.8 Å². The van der Waals surface area contributed by atoms with Crippen molar-refractivity contribution in [3.05, 3.63) is 29.8 Å². The number of hydrogen-bond acceptors (Lipinski definition) is 3. The van der Waals surface area contributed by atoms with Crippen LogP contribution in [0.4, 0.5) is 0 Å². The quantitative estimate of drug-likeness (QED) is 0.479. The Morgan fingerprint density at radius 2 is 2.00 bits per heavy atom. The number of hydrogen-bond donors (Lipinski definition) is 1. The lowest BCUT2D eigenvalue weighted by Crippen LogP contribution is -2.47. The number of unbranched alkanes of at least 4 members (excludes halogenated alkanes) is 3. The molecule has 3 rings (SSSR count). The maximum atomic E-state index is 4.46. The first-order chi connectivity index (χ1) is 13.8. The van der Waals surface area contributed by atoms with Gasteiger partial charge < -0.3 is 4.90 Å². The monoisotopic (exact) mass is 412 g/mol. The Morgan fingerprint density at radius 3 is 2.69 bits per heavy atom. The third-order valence-corrected chi connectivity index (χ3v) is 8.84. The summed E-state index contributed by atoms with van der Waals surface area (Å²) in [6.45, 7) is 17.9. The van der Waals surface area contributed by atoms with Crippen molar-refractivity contribution in [1.29, 1.82) is 0 Å². The van der Waals surface area contributed by atoms with Crippen LogP contribution in [0.25, 0.3) is 11.3 Å². The first-order valence-electron chi connectivity index (χ1n) is 11.5. The largest absolute Gasteiger partial charge is 0.303 e. The minimum absolute atomic E-state index is 0.221. The highest BCUT2D eigenvalue weighted by atomic mass is 28.3. The lowest BCUT2D eigenvalue weighted by atomic mass is 9.67. The van der Waals surface area contributed by atoms with Gasteiger partial charge in [0.15, 0.2) is 0 Å². The maximum Gasteiger partial charge on any atom is 0.111 e. The molecule has 1 aliphatic heterocycles. The van der Waals surface area contributed by atoms with Gasteiger partial charge in [0.2, 0.25) is 0 Å². The summed E-state index contributed by atoms with van der Waals surface area (Å²) < 4.78 is 0. The fraction of sp³-hybridized carbons (Fsp3) is 0.667. The van der Waals surface area contributed by atoms with Crippen molar-refractivity contribution in [3.63, 3.8) is 0 Å². The molecule has 1 saturated heterocycles. The summed E-state index contributed by atoms with van der Waals surface area (Å²) in [5.41, 5.74) is 3.94. The van der Waals surface area contributed by atoms with Crippen molar-refractivity contribution in [2.75, 3.05) is 19.6 Å². The zero-order chi connectivity index (χ0) is 21.1. The van der Waals surface area contributed by atoms with Crippen LogP contribution in [-0.2, 0) is 5.41 Å². The van der Waals surface area contributed by atoms with Gasteiger partial charge in [0.05, 0.1) is 0 Å². The van der Waals surface area contributed by atoms with Gasteiger partial charge in [-0.2, -0.15) is 0 Å². The Labute approximate surface area is 178 Å². The Balaban J connectivity index is 1.76. The molecule has 1 aromatic carbocycles. The fourth-order valence-corrected chi connectivity index (χ4v) is 5.98. The van der Waals surface area contributed by atoms with Crippen LogP contribution in [0.15, 0.2) is 24.3 Å². The Hall–Kier alpha value is -1.46. The van der Waals surface area contributed by atoms with Crippen LogP contribution in [0.1, 0.15) is 58.4 Å². The number of nitrogens with one attached hydrogen (secondary N) is 1. The molecule has 0 aliphatic carbocycles. The first-order valence-corrected chi connectivity index (χ1v) is 15.0. The molecule has 4 nitrogen and oxygen atoms in total. The zero-order valence-electron chi connectivity index (χ0n) is 19.4. The number of piperidine rings is 1. The van der Waals surface area contributed by atoms with Crippen LogP contribution >= 0.6 is 0 Å². The third kappa shape index (κ3) is 5.00. The first kappa shape index (κ1) is 22.2. The van der Waals surface area contributed by atoms with Crippen LogP contribution in [0.2, 0.25) is 19.6 Å². The van der Waals surface area contributed by atoms with Crippen LogP contribution < -0.4 is 5.32 Å². The van der Waals surface area contributed by atoms with Gasteiger partial charge in [0.25, 0.3) is 0 Å². The predicted molar refractivity (Wildman–Crippen MR) is 127 cm³/mol. The molecule has 0 saturated carbocycles. The van der Waals surface area contributed by atoms with Crippen molar-refractivity contribution in [1.82, 2.24) is 20.3 Å². The Bertz CT molecular complexity index is 794. The summed E-state index contributed by atoms with van der Waals surface area (Å²) in [7, 11) is -1.51. The Morgan fingerprint density at radius 1 is 1.21 bits per heavy atom. The molecule has 2 aromatic rings. The van der Waals surface area contributed by atoms with E-state index in [0.29, 0.717) is 5.92 Å². The van der Waals surface area contributed by atoms with Crippen molar-refractivity contribution in [2.45, 2.75) is 77.9 Å². The molecule has 1 fully saturated rings. The number of benzene rings is 1. The van der Waals surface area contributed by atoms with Gasteiger partial charge in [0, 0.05) is 17.4 Å². The molecule has 1 N–H and O–H groups in total. The van der Waals surface area contributed by atoms with Crippen LogP contribution in [-0.4, -0.2) is 48.0 Å². The lowest BCUT2D eigenvalue weighted by Gasteiger charge is -2.45. The number of aromatic amines is 1. The van der Waals surface area contributed by atoms with E-state index in [1.807, 2.05) is 0 Å². The van der Waals surface area contributed by atoms with Gasteiger partial charge in [-0.1, -0.05) is 83.1 Å². The van der Waals surface area contributed by atoms with Gasteiger partial charge in [-0.15, -0.1) is 5.10 Å². The van der Waals surface area contributed by atoms with Gasteiger partial charge >= 0.3 is 0 Å². The van der Waals surface area contributed by atoms with E-state index in [0.717, 1.165) is 5.69 Å². The summed E-state index contributed by atoms with van der Waals surface area (Å²) in [6, 6.07) is 9.12. The van der Waals surface area contributed by atoms with E-state index in [1.54, 1.807) is 0 Å². The van der Waals surface area contributed by atoms with Crippen molar-refractivity contribution in [2.24, 2.45) is 5.92 Å². The molecule has 29 heavy (non-hydrogen) atoms. The van der Waals surface area contributed by atoms with Crippen LogP contribution in [0.5, 0.6) is 0 Å². The summed E-state index contributed by atoms with van der Waals surface area (Å²) in [5, 5.41) is 13.0. The highest BCUT2D eigenvalue weighted by Gasteiger charge is 2.38. The molecule has 2 unspecified atom stereocenters. The smallest absolute Gasteiger partial charge is 0.111 e. The van der Waals surface area contributed by atoms with Crippen molar-refractivity contribution < 1.29 is 0 Å². The molecule has 2 heterocycles. The molecule has 0 bridgehead atoms. The van der Waals surface area contributed by atoms with Gasteiger partial charge in [-0.05, 0) is 48.9 Å². The number of rotatable bonds is 8. The lowest BCUT2D eigenvalue weighted by molar-refractivity contribution is 0.109. The molecule has 2 atom stereocenters. The van der Waals surface area contributed by atoms with Crippen molar-refractivity contribution >= 4 is 13.4 Å². The van der Waals surface area contributed by atoms with Crippen LogP contribution in [0, 0.1) is 5.92 Å². The van der Waals surface area contributed by atoms with E-state index in [2.05, 4.69) is 85.0 Å². The minimum atomic E-state index is -1.51. The minimum Gasteiger partial charge on any atom is -0.303 e. The summed E-state index contributed by atoms with van der Waals surface area (Å²) in [6.07, 6.45) is 6.63. The molecule has 0 amide bonds. The van der Waals surface area contributed by atoms with Gasteiger partial charge in [-0.3, -0.25) is 5.10 Å². The number of aromatic nitrogens is 3. The third-order valence-electron chi connectivity index (χ3n) is 6.99. The van der Waals surface area contributed by atoms with E-state index in [9.17, 15) is 0 Å². The summed E-state index contributed by atoms with van der Waals surface area (Å²) in [5.74, 6) is 0.645. The van der Waals surface area contributed by atoms with E-state index in [-0.39, 0.29) is 5.41 Å². The number of nitrogens with zero attached hydrogens (tertiary/aromatic N) is 3. The van der Waals surface area contributed by atoms with E-state index in [4.69, 9.17) is 0 Å². The second-order valence-electron chi connectivity index (χ2n) is 10.3. The van der Waals surface area contributed by atoms with E-state index in [1.165, 1.54) is 68.2 Å². The fourth-order valence-electron chi connectivity index (χ4n) is 4.69. The number of likely N-dealkylation sites (tertiary alicyclic amines) is 1. The summed E-state index contributed by atoms with van der Waals surface area (Å²) >= 11 is 0. The maximum absolute atomic E-state index is 4.46. The zero-order valence-corrected chi connectivity index (χ0v) is 20.4.